The molecule has 0 aliphatic carbocycles. The zero-order valence-corrected chi connectivity index (χ0v) is 21.6. The molecule has 0 spiro atoms. The van der Waals surface area contributed by atoms with Crippen LogP contribution in [0.4, 0.5) is 5.69 Å². The van der Waals surface area contributed by atoms with Crippen LogP contribution in [0.1, 0.15) is 31.0 Å². The molecule has 8 nitrogen and oxygen atoms in total. The van der Waals surface area contributed by atoms with E-state index in [0.717, 1.165) is 48.1 Å². The minimum Gasteiger partial charge on any atom is -0.378 e. The van der Waals surface area contributed by atoms with Gasteiger partial charge in [-0.3, -0.25) is 4.90 Å². The summed E-state index contributed by atoms with van der Waals surface area (Å²) in [7, 11) is 6.22. The molecular formula is C23H32N8S2. The molecule has 0 N–H and O–H groups in total. The first-order valence-electron chi connectivity index (χ1n) is 11.2. The van der Waals surface area contributed by atoms with Gasteiger partial charge in [-0.2, -0.15) is 9.78 Å². The molecule has 33 heavy (non-hydrogen) atoms. The lowest BCUT2D eigenvalue weighted by molar-refractivity contribution is 0.119. The minimum atomic E-state index is 0.359. The molecule has 0 amide bonds. The molecule has 1 aliphatic heterocycles. The third kappa shape index (κ3) is 5.57. The summed E-state index contributed by atoms with van der Waals surface area (Å²) < 4.78 is 4.19. The van der Waals surface area contributed by atoms with E-state index in [0.29, 0.717) is 23.2 Å². The number of rotatable bonds is 7. The summed E-state index contributed by atoms with van der Waals surface area (Å²) in [5.41, 5.74) is 3.21. The molecular weight excluding hydrogens is 452 g/mol. The van der Waals surface area contributed by atoms with Crippen LogP contribution in [0.25, 0.3) is 10.8 Å². The molecule has 176 valence electrons. The molecule has 10 heteroatoms. The summed E-state index contributed by atoms with van der Waals surface area (Å²) >= 11 is 7.40. The Kier molecular flexibility index (Phi) is 7.38. The summed E-state index contributed by atoms with van der Waals surface area (Å²) in [6.45, 7) is 9.04. The predicted octanol–water partition coefficient (Wildman–Crippen LogP) is 3.81. The maximum Gasteiger partial charge on any atom is 0.220 e. The maximum absolute atomic E-state index is 5.82. The van der Waals surface area contributed by atoms with E-state index in [1.54, 1.807) is 16.0 Å². The third-order valence-corrected chi connectivity index (χ3v) is 7.02. The van der Waals surface area contributed by atoms with Crippen molar-refractivity contribution in [3.05, 3.63) is 45.7 Å². The Balaban J connectivity index is 1.66. The number of benzene rings is 1. The molecule has 4 rings (SSSR count). The first-order chi connectivity index (χ1) is 15.8. The number of anilines is 1. The van der Waals surface area contributed by atoms with Crippen molar-refractivity contribution < 1.29 is 0 Å². The van der Waals surface area contributed by atoms with E-state index in [9.17, 15) is 0 Å². The van der Waals surface area contributed by atoms with Crippen molar-refractivity contribution in [2.45, 2.75) is 26.4 Å². The SMILES string of the molecule is CC(C)c1csc(-c2nn(CN3CCN(C)CC3)c(=S)n2/N=C/c2ccc(N(C)C)cc2)n1. The van der Waals surface area contributed by atoms with Gasteiger partial charge in [0.15, 0.2) is 5.01 Å². The van der Waals surface area contributed by atoms with Crippen LogP contribution in [0.2, 0.25) is 0 Å². The van der Waals surface area contributed by atoms with Crippen LogP contribution < -0.4 is 4.90 Å². The number of aromatic nitrogens is 4. The van der Waals surface area contributed by atoms with Gasteiger partial charge in [0.1, 0.15) is 0 Å². The second-order valence-corrected chi connectivity index (χ2v) is 10.2. The van der Waals surface area contributed by atoms with E-state index in [4.69, 9.17) is 27.4 Å². The van der Waals surface area contributed by atoms with Crippen LogP contribution in [-0.2, 0) is 6.67 Å². The van der Waals surface area contributed by atoms with Crippen LogP contribution >= 0.6 is 23.6 Å². The maximum atomic E-state index is 5.82. The summed E-state index contributed by atoms with van der Waals surface area (Å²) in [6.07, 6.45) is 1.83. The summed E-state index contributed by atoms with van der Waals surface area (Å²) in [4.78, 5) is 11.6. The lowest BCUT2D eigenvalue weighted by Crippen LogP contribution is -2.45. The Labute approximate surface area is 204 Å². The van der Waals surface area contributed by atoms with E-state index >= 15 is 0 Å². The highest BCUT2D eigenvalue weighted by Gasteiger charge is 2.20. The number of hydrogen-bond acceptors (Lipinski definition) is 8. The summed E-state index contributed by atoms with van der Waals surface area (Å²) in [6, 6.07) is 8.26. The molecule has 1 aliphatic rings. The highest BCUT2D eigenvalue weighted by molar-refractivity contribution is 7.71. The molecule has 0 atom stereocenters. The van der Waals surface area contributed by atoms with Gasteiger partial charge in [0, 0.05) is 51.3 Å². The van der Waals surface area contributed by atoms with Gasteiger partial charge in [0.25, 0.3) is 0 Å². The average molecular weight is 485 g/mol. The number of likely N-dealkylation sites (N-methyl/N-ethyl adjacent to an activating group) is 1. The van der Waals surface area contributed by atoms with Crippen LogP contribution in [0.5, 0.6) is 0 Å². The third-order valence-electron chi connectivity index (χ3n) is 5.78. The zero-order chi connectivity index (χ0) is 23.5. The van der Waals surface area contributed by atoms with Crippen molar-refractivity contribution in [2.24, 2.45) is 5.10 Å². The van der Waals surface area contributed by atoms with Crippen LogP contribution in [0, 0.1) is 4.77 Å². The quantitative estimate of drug-likeness (QED) is 0.375. The lowest BCUT2D eigenvalue weighted by Gasteiger charge is -2.31. The fourth-order valence-electron chi connectivity index (χ4n) is 3.54. The van der Waals surface area contributed by atoms with E-state index in [-0.39, 0.29) is 0 Å². The van der Waals surface area contributed by atoms with Crippen LogP contribution in [-0.4, -0.2) is 82.8 Å². The molecule has 0 saturated carbocycles. The number of nitrogens with zero attached hydrogens (tertiary/aromatic N) is 8. The summed E-state index contributed by atoms with van der Waals surface area (Å²) in [5, 5.41) is 12.5. The largest absolute Gasteiger partial charge is 0.378 e. The fourth-order valence-corrected chi connectivity index (χ4v) is 4.72. The monoisotopic (exact) mass is 484 g/mol. The second kappa shape index (κ2) is 10.3. The molecule has 1 aromatic carbocycles. The summed E-state index contributed by atoms with van der Waals surface area (Å²) in [5.74, 6) is 1.05. The van der Waals surface area contributed by atoms with Crippen molar-refractivity contribution >= 4 is 35.5 Å². The first-order valence-corrected chi connectivity index (χ1v) is 12.5. The Morgan fingerprint density at radius 3 is 2.45 bits per heavy atom. The Hall–Kier alpha value is -2.40. The van der Waals surface area contributed by atoms with Crippen molar-refractivity contribution in [2.75, 3.05) is 52.2 Å². The molecule has 0 unspecified atom stereocenters. The Morgan fingerprint density at radius 2 is 1.85 bits per heavy atom. The molecule has 1 saturated heterocycles. The van der Waals surface area contributed by atoms with Crippen molar-refractivity contribution in [3.63, 3.8) is 0 Å². The van der Waals surface area contributed by atoms with E-state index < -0.39 is 0 Å². The van der Waals surface area contributed by atoms with Crippen LogP contribution in [0.3, 0.4) is 0 Å². The van der Waals surface area contributed by atoms with Gasteiger partial charge in [-0.1, -0.05) is 26.0 Å². The highest BCUT2D eigenvalue weighted by Crippen LogP contribution is 2.26. The smallest absolute Gasteiger partial charge is 0.220 e. The molecule has 0 radical (unpaired) electrons. The Morgan fingerprint density at radius 1 is 1.15 bits per heavy atom. The van der Waals surface area contributed by atoms with Crippen molar-refractivity contribution in [3.8, 4) is 10.8 Å². The van der Waals surface area contributed by atoms with Crippen molar-refractivity contribution in [1.29, 1.82) is 0 Å². The van der Waals surface area contributed by atoms with Gasteiger partial charge in [0.2, 0.25) is 10.6 Å². The lowest BCUT2D eigenvalue weighted by atomic mass is 10.2. The van der Waals surface area contributed by atoms with E-state index in [2.05, 4.69) is 65.2 Å². The zero-order valence-electron chi connectivity index (χ0n) is 20.0. The van der Waals surface area contributed by atoms with Crippen LogP contribution in [0.15, 0.2) is 34.7 Å². The first kappa shape index (κ1) is 23.7. The van der Waals surface area contributed by atoms with Crippen molar-refractivity contribution in [1.82, 2.24) is 29.2 Å². The van der Waals surface area contributed by atoms with Gasteiger partial charge in [-0.05, 0) is 42.9 Å². The highest BCUT2D eigenvalue weighted by atomic mass is 32.1. The van der Waals surface area contributed by atoms with Gasteiger partial charge in [-0.25, -0.2) is 9.67 Å². The normalized spacial score (nSPS) is 15.7. The van der Waals surface area contributed by atoms with Gasteiger partial charge in [-0.15, -0.1) is 16.4 Å². The molecule has 2 aromatic heterocycles. The van der Waals surface area contributed by atoms with Gasteiger partial charge >= 0.3 is 0 Å². The van der Waals surface area contributed by atoms with Gasteiger partial charge < -0.3 is 9.80 Å². The molecule has 3 aromatic rings. The number of thiazole rings is 1. The minimum absolute atomic E-state index is 0.359. The second-order valence-electron chi connectivity index (χ2n) is 8.94. The molecule has 1 fully saturated rings. The standard InChI is InChI=1S/C23H32N8S2/c1-17(2)20-15-33-22(25-20)21-26-30(16-29-12-10-28(5)11-13-29)23(32)31(21)24-14-18-6-8-19(9-7-18)27(3)4/h6-9,14-15,17H,10-13,16H2,1-5H3/b24-14+. The fraction of sp³-hybridized carbons (Fsp3) is 0.478. The van der Waals surface area contributed by atoms with Gasteiger partial charge in [0.05, 0.1) is 18.6 Å². The topological polar surface area (TPSA) is 57.7 Å². The van der Waals surface area contributed by atoms with E-state index in [1.807, 2.05) is 25.0 Å². The predicted molar refractivity (Wildman–Crippen MR) is 139 cm³/mol. The average Bonchev–Trinajstić information content (AvgIpc) is 3.40. The molecule has 3 heterocycles. The Bertz CT molecular complexity index is 1150. The van der Waals surface area contributed by atoms with E-state index in [1.165, 1.54) is 0 Å². The number of hydrogen-bond donors (Lipinski definition) is 0. The molecule has 0 bridgehead atoms. The number of piperazine rings is 1.